The van der Waals surface area contributed by atoms with E-state index in [9.17, 15) is 8.42 Å². The highest BCUT2D eigenvalue weighted by atomic mass is 32.2. The average Bonchev–Trinajstić information content (AvgIpc) is 2.68. The summed E-state index contributed by atoms with van der Waals surface area (Å²) in [6.45, 7) is 7.62. The van der Waals surface area contributed by atoms with Crippen molar-refractivity contribution in [2.75, 3.05) is 24.7 Å². The predicted octanol–water partition coefficient (Wildman–Crippen LogP) is 1.21. The number of hydrogen-bond acceptors (Lipinski definition) is 4. The molecule has 1 N–H and O–H groups in total. The molecular formula is C12H25NO3S. The number of nitrogens with one attached hydrogen (secondary N) is 1. The Hall–Kier alpha value is -0.130. The Balaban J connectivity index is 2.50. The highest BCUT2D eigenvalue weighted by Crippen LogP contribution is 2.15. The Bertz CT molecular complexity index is 308. The van der Waals surface area contributed by atoms with Crippen LogP contribution in [0.5, 0.6) is 0 Å². The molecule has 102 valence electrons. The fraction of sp³-hybridized carbons (Fsp3) is 1.00. The number of rotatable bonds is 7. The van der Waals surface area contributed by atoms with Crippen LogP contribution in [0.15, 0.2) is 0 Å². The van der Waals surface area contributed by atoms with Gasteiger partial charge in [-0.15, -0.1) is 0 Å². The molecule has 1 aliphatic rings. The summed E-state index contributed by atoms with van der Waals surface area (Å²) in [5.41, 5.74) is 0. The lowest BCUT2D eigenvalue weighted by atomic mass is 10.1. The van der Waals surface area contributed by atoms with Gasteiger partial charge in [0.05, 0.1) is 17.6 Å². The van der Waals surface area contributed by atoms with E-state index in [0.29, 0.717) is 12.5 Å². The molecule has 0 aromatic carbocycles. The van der Waals surface area contributed by atoms with Gasteiger partial charge in [0.25, 0.3) is 0 Å². The maximum absolute atomic E-state index is 12.1. The summed E-state index contributed by atoms with van der Waals surface area (Å²) < 4.78 is 29.5. The molecule has 2 unspecified atom stereocenters. The van der Waals surface area contributed by atoms with Crippen LogP contribution in [0.2, 0.25) is 0 Å². The van der Waals surface area contributed by atoms with Crippen molar-refractivity contribution in [3.05, 3.63) is 0 Å². The molecule has 17 heavy (non-hydrogen) atoms. The second-order valence-corrected chi connectivity index (χ2v) is 7.27. The van der Waals surface area contributed by atoms with Crippen molar-refractivity contribution in [1.29, 1.82) is 0 Å². The van der Waals surface area contributed by atoms with Crippen molar-refractivity contribution in [3.8, 4) is 0 Å². The van der Waals surface area contributed by atoms with E-state index in [-0.39, 0.29) is 23.7 Å². The van der Waals surface area contributed by atoms with Gasteiger partial charge in [-0.25, -0.2) is 8.42 Å². The van der Waals surface area contributed by atoms with Crippen LogP contribution < -0.4 is 5.32 Å². The maximum atomic E-state index is 12.1. The molecule has 1 saturated heterocycles. The third kappa shape index (κ3) is 5.36. The predicted molar refractivity (Wildman–Crippen MR) is 69.9 cm³/mol. The fourth-order valence-corrected chi connectivity index (χ4v) is 4.17. The number of hydrogen-bond donors (Lipinski definition) is 1. The van der Waals surface area contributed by atoms with Crippen LogP contribution >= 0.6 is 0 Å². The minimum absolute atomic E-state index is 0.0476. The zero-order valence-electron chi connectivity index (χ0n) is 11.1. The smallest absolute Gasteiger partial charge is 0.154 e. The summed E-state index contributed by atoms with van der Waals surface area (Å²) in [6.07, 6.45) is 1.79. The summed E-state index contributed by atoms with van der Waals surface area (Å²) >= 11 is 0. The van der Waals surface area contributed by atoms with Gasteiger partial charge in [-0.1, -0.05) is 20.8 Å². The molecule has 1 fully saturated rings. The first kappa shape index (κ1) is 14.9. The van der Waals surface area contributed by atoms with Gasteiger partial charge < -0.3 is 10.1 Å². The maximum Gasteiger partial charge on any atom is 0.154 e. The Morgan fingerprint density at radius 3 is 2.59 bits per heavy atom. The van der Waals surface area contributed by atoms with Crippen LogP contribution in [0.4, 0.5) is 0 Å². The quantitative estimate of drug-likeness (QED) is 0.750. The van der Waals surface area contributed by atoms with Gasteiger partial charge in [0.15, 0.2) is 9.84 Å². The molecule has 0 radical (unpaired) electrons. The van der Waals surface area contributed by atoms with E-state index < -0.39 is 9.84 Å². The first-order valence-corrected chi connectivity index (χ1v) is 8.32. The minimum atomic E-state index is -3.02. The highest BCUT2D eigenvalue weighted by Gasteiger charge is 2.26. The number of sulfone groups is 1. The Kier molecular flexibility index (Phi) is 5.89. The minimum Gasteiger partial charge on any atom is -0.377 e. The molecule has 1 heterocycles. The molecule has 4 nitrogen and oxygen atoms in total. The van der Waals surface area contributed by atoms with Gasteiger partial charge in [-0.05, 0) is 25.3 Å². The molecule has 0 saturated carbocycles. The van der Waals surface area contributed by atoms with Crippen molar-refractivity contribution in [2.24, 2.45) is 5.92 Å². The van der Waals surface area contributed by atoms with Crippen LogP contribution in [0, 0.1) is 5.92 Å². The first-order chi connectivity index (χ1) is 7.94. The van der Waals surface area contributed by atoms with E-state index in [0.717, 1.165) is 19.4 Å². The van der Waals surface area contributed by atoms with Gasteiger partial charge >= 0.3 is 0 Å². The zero-order chi connectivity index (χ0) is 12.9. The molecule has 0 bridgehead atoms. The second kappa shape index (κ2) is 6.71. The molecule has 0 aliphatic carbocycles. The first-order valence-electron chi connectivity index (χ1n) is 6.50. The topological polar surface area (TPSA) is 55.4 Å². The number of ether oxygens (including phenoxy) is 1. The lowest BCUT2D eigenvalue weighted by Gasteiger charge is -2.22. The largest absolute Gasteiger partial charge is 0.377 e. The lowest BCUT2D eigenvalue weighted by molar-refractivity contribution is 0.127. The van der Waals surface area contributed by atoms with Crippen molar-refractivity contribution >= 4 is 9.84 Å². The normalized spacial score (nSPS) is 23.2. The van der Waals surface area contributed by atoms with Gasteiger partial charge in [-0.3, -0.25) is 0 Å². The van der Waals surface area contributed by atoms with Gasteiger partial charge in [0, 0.05) is 12.6 Å². The van der Waals surface area contributed by atoms with Crippen LogP contribution in [0.3, 0.4) is 0 Å². The summed E-state index contributed by atoms with van der Waals surface area (Å²) in [5, 5.41) is 3.24. The SMILES string of the molecule is CCNC(CS(=O)(=O)CC1CCCO1)C(C)C. The summed E-state index contributed by atoms with van der Waals surface area (Å²) in [5.74, 6) is 0.731. The van der Waals surface area contributed by atoms with E-state index >= 15 is 0 Å². The van der Waals surface area contributed by atoms with E-state index in [4.69, 9.17) is 4.74 Å². The Morgan fingerprint density at radius 2 is 2.12 bits per heavy atom. The van der Waals surface area contributed by atoms with Crippen molar-refractivity contribution < 1.29 is 13.2 Å². The van der Waals surface area contributed by atoms with E-state index in [1.807, 2.05) is 6.92 Å². The van der Waals surface area contributed by atoms with Crippen LogP contribution in [0.25, 0.3) is 0 Å². The van der Waals surface area contributed by atoms with Crippen LogP contribution in [0.1, 0.15) is 33.6 Å². The van der Waals surface area contributed by atoms with Crippen molar-refractivity contribution in [1.82, 2.24) is 5.32 Å². The van der Waals surface area contributed by atoms with Crippen LogP contribution in [-0.4, -0.2) is 45.2 Å². The molecule has 0 aromatic heterocycles. The molecule has 0 aromatic rings. The molecule has 1 aliphatic heterocycles. The Morgan fingerprint density at radius 1 is 1.41 bits per heavy atom. The van der Waals surface area contributed by atoms with Gasteiger partial charge in [-0.2, -0.15) is 0 Å². The van der Waals surface area contributed by atoms with Crippen molar-refractivity contribution in [2.45, 2.75) is 45.8 Å². The zero-order valence-corrected chi connectivity index (χ0v) is 11.9. The summed E-state index contributed by atoms with van der Waals surface area (Å²) in [6, 6.07) is 0.0476. The molecule has 0 spiro atoms. The summed E-state index contributed by atoms with van der Waals surface area (Å²) in [4.78, 5) is 0. The van der Waals surface area contributed by atoms with E-state index in [1.165, 1.54) is 0 Å². The van der Waals surface area contributed by atoms with E-state index in [1.54, 1.807) is 0 Å². The molecule has 2 atom stereocenters. The van der Waals surface area contributed by atoms with Gasteiger partial charge in [0.1, 0.15) is 0 Å². The molecule has 5 heteroatoms. The lowest BCUT2D eigenvalue weighted by Crippen LogP contribution is -2.41. The summed E-state index contributed by atoms with van der Waals surface area (Å²) in [7, 11) is -3.02. The molecule has 1 rings (SSSR count). The Labute approximate surface area is 105 Å². The van der Waals surface area contributed by atoms with Crippen molar-refractivity contribution in [3.63, 3.8) is 0 Å². The molecular weight excluding hydrogens is 238 g/mol. The average molecular weight is 263 g/mol. The third-order valence-corrected chi connectivity index (χ3v) is 4.91. The van der Waals surface area contributed by atoms with E-state index in [2.05, 4.69) is 19.2 Å². The monoisotopic (exact) mass is 263 g/mol. The standard InChI is InChI=1S/C12H25NO3S/c1-4-13-12(10(2)3)9-17(14,15)8-11-6-5-7-16-11/h10-13H,4-9H2,1-3H3. The second-order valence-electron chi connectivity index (χ2n) is 5.12. The fourth-order valence-electron chi connectivity index (χ4n) is 2.15. The third-order valence-electron chi connectivity index (χ3n) is 3.17. The van der Waals surface area contributed by atoms with Crippen LogP contribution in [-0.2, 0) is 14.6 Å². The molecule has 0 amide bonds. The van der Waals surface area contributed by atoms with Gasteiger partial charge in [0.2, 0.25) is 0 Å². The highest BCUT2D eigenvalue weighted by molar-refractivity contribution is 7.91.